The monoisotopic (exact) mass is 247 g/mol. The van der Waals surface area contributed by atoms with Crippen LogP contribution in [-0.4, -0.2) is 35.1 Å². The van der Waals surface area contributed by atoms with E-state index in [-0.39, 0.29) is 11.5 Å². The Hall–Kier alpha value is -1.35. The van der Waals surface area contributed by atoms with Gasteiger partial charge in [0.25, 0.3) is 0 Å². The second-order valence-corrected chi connectivity index (χ2v) is 5.95. The molecule has 0 spiro atoms. The third-order valence-corrected chi connectivity index (χ3v) is 3.54. The summed E-state index contributed by atoms with van der Waals surface area (Å²) in [6.45, 7) is 6.14. The summed E-state index contributed by atoms with van der Waals surface area (Å²) in [5, 5.41) is 9.32. The van der Waals surface area contributed by atoms with Gasteiger partial charge in [0, 0.05) is 13.1 Å². The number of hydrogen-bond donors (Lipinski definition) is 1. The van der Waals surface area contributed by atoms with Crippen molar-refractivity contribution in [2.75, 3.05) is 13.1 Å². The number of nitrogens with zero attached hydrogens (tertiary/aromatic N) is 1. The number of aryl methyl sites for hydroxylation is 1. The lowest BCUT2D eigenvalue weighted by atomic mass is 9.82. The van der Waals surface area contributed by atoms with E-state index in [4.69, 9.17) is 0 Å². The molecule has 1 N–H and O–H groups in total. The third-order valence-electron chi connectivity index (χ3n) is 3.54. The van der Waals surface area contributed by atoms with Crippen molar-refractivity contribution in [1.82, 2.24) is 4.90 Å². The molecule has 1 aromatic carbocycles. The number of aliphatic carboxylic acids is 1. The maximum atomic E-state index is 11.3. The van der Waals surface area contributed by atoms with Crippen LogP contribution in [0.4, 0.5) is 0 Å². The molecule has 1 fully saturated rings. The molecular formula is C15H21NO2. The fourth-order valence-corrected chi connectivity index (χ4v) is 2.68. The van der Waals surface area contributed by atoms with E-state index in [1.54, 1.807) is 0 Å². The smallest absolute Gasteiger partial charge is 0.320 e. The average Bonchev–Trinajstić information content (AvgIpc) is 2.27. The van der Waals surface area contributed by atoms with Gasteiger partial charge in [-0.2, -0.15) is 0 Å². The zero-order valence-electron chi connectivity index (χ0n) is 11.1. The number of benzene rings is 1. The van der Waals surface area contributed by atoms with E-state index in [9.17, 15) is 9.90 Å². The number of rotatable bonds is 5. The standard InChI is InChI=1S/C15H21NO2/c1-15(2)10-16(11-15)13(14(17)18)9-8-12-6-4-3-5-7-12/h3-7,13H,8-11H2,1-2H3,(H,17,18). The van der Waals surface area contributed by atoms with Crippen LogP contribution in [0, 0.1) is 5.41 Å². The van der Waals surface area contributed by atoms with Crippen LogP contribution in [-0.2, 0) is 11.2 Å². The minimum Gasteiger partial charge on any atom is -0.480 e. The fourth-order valence-electron chi connectivity index (χ4n) is 2.68. The molecule has 1 aliphatic rings. The molecule has 98 valence electrons. The van der Waals surface area contributed by atoms with Crippen LogP contribution in [0.2, 0.25) is 0 Å². The molecule has 0 aliphatic carbocycles. The quantitative estimate of drug-likeness (QED) is 0.868. The van der Waals surface area contributed by atoms with Gasteiger partial charge in [-0.15, -0.1) is 0 Å². The molecule has 1 aromatic rings. The van der Waals surface area contributed by atoms with Crippen molar-refractivity contribution < 1.29 is 9.90 Å². The molecule has 1 aliphatic heterocycles. The molecule has 1 saturated heterocycles. The first-order valence-corrected chi connectivity index (χ1v) is 6.49. The summed E-state index contributed by atoms with van der Waals surface area (Å²) in [6.07, 6.45) is 1.52. The number of likely N-dealkylation sites (tertiary alicyclic amines) is 1. The van der Waals surface area contributed by atoms with E-state index in [1.807, 2.05) is 18.2 Å². The van der Waals surface area contributed by atoms with Gasteiger partial charge in [-0.1, -0.05) is 44.2 Å². The zero-order valence-corrected chi connectivity index (χ0v) is 11.1. The lowest BCUT2D eigenvalue weighted by Gasteiger charge is -2.48. The Labute approximate surface area is 108 Å². The first-order valence-electron chi connectivity index (χ1n) is 6.49. The number of carboxylic acids is 1. The molecule has 18 heavy (non-hydrogen) atoms. The SMILES string of the molecule is CC1(C)CN(C(CCc2ccccc2)C(=O)O)C1. The molecule has 3 heteroatoms. The molecule has 2 rings (SSSR count). The average molecular weight is 247 g/mol. The van der Waals surface area contributed by atoms with Gasteiger partial charge in [0.1, 0.15) is 6.04 Å². The van der Waals surface area contributed by atoms with Gasteiger partial charge in [-0.25, -0.2) is 0 Å². The molecule has 1 heterocycles. The lowest BCUT2D eigenvalue weighted by molar-refractivity contribution is -0.148. The fraction of sp³-hybridized carbons (Fsp3) is 0.533. The topological polar surface area (TPSA) is 40.5 Å². The van der Waals surface area contributed by atoms with Crippen LogP contribution in [0.25, 0.3) is 0 Å². The summed E-state index contributed by atoms with van der Waals surface area (Å²) in [7, 11) is 0. The highest BCUT2D eigenvalue weighted by atomic mass is 16.4. The summed E-state index contributed by atoms with van der Waals surface area (Å²) >= 11 is 0. The van der Waals surface area contributed by atoms with Gasteiger partial charge in [0.2, 0.25) is 0 Å². The van der Waals surface area contributed by atoms with E-state index in [1.165, 1.54) is 5.56 Å². The molecule has 0 bridgehead atoms. The summed E-state index contributed by atoms with van der Waals surface area (Å²) < 4.78 is 0. The third kappa shape index (κ3) is 3.10. The maximum Gasteiger partial charge on any atom is 0.320 e. The molecule has 0 saturated carbocycles. The minimum atomic E-state index is -0.693. The summed E-state index contributed by atoms with van der Waals surface area (Å²) in [5.74, 6) is -0.693. The van der Waals surface area contributed by atoms with E-state index in [0.29, 0.717) is 6.42 Å². The highest BCUT2D eigenvalue weighted by molar-refractivity contribution is 5.73. The largest absolute Gasteiger partial charge is 0.480 e. The lowest BCUT2D eigenvalue weighted by Crippen LogP contribution is -2.59. The maximum absolute atomic E-state index is 11.3. The number of carbonyl (C=O) groups is 1. The van der Waals surface area contributed by atoms with Crippen molar-refractivity contribution in [3.8, 4) is 0 Å². The van der Waals surface area contributed by atoms with Crippen molar-refractivity contribution in [2.45, 2.75) is 32.7 Å². The number of carboxylic acid groups (broad SMARTS) is 1. The van der Waals surface area contributed by atoms with Crippen molar-refractivity contribution >= 4 is 5.97 Å². The summed E-state index contributed by atoms with van der Waals surface area (Å²) in [4.78, 5) is 13.4. The number of hydrogen-bond acceptors (Lipinski definition) is 2. The van der Waals surface area contributed by atoms with E-state index in [0.717, 1.165) is 19.5 Å². The molecular weight excluding hydrogens is 226 g/mol. The Morgan fingerprint density at radius 3 is 2.44 bits per heavy atom. The van der Waals surface area contributed by atoms with Crippen LogP contribution >= 0.6 is 0 Å². The van der Waals surface area contributed by atoms with Crippen molar-refractivity contribution in [3.05, 3.63) is 35.9 Å². The summed E-state index contributed by atoms with van der Waals surface area (Å²) in [5.41, 5.74) is 1.49. The van der Waals surface area contributed by atoms with E-state index >= 15 is 0 Å². The minimum absolute atomic E-state index is 0.278. The van der Waals surface area contributed by atoms with Gasteiger partial charge < -0.3 is 5.11 Å². The Kier molecular flexibility index (Phi) is 3.71. The molecule has 3 nitrogen and oxygen atoms in total. The second-order valence-electron chi connectivity index (χ2n) is 5.95. The first kappa shape index (κ1) is 13.1. The van der Waals surface area contributed by atoms with Crippen LogP contribution in [0.1, 0.15) is 25.8 Å². The van der Waals surface area contributed by atoms with Gasteiger partial charge in [0.05, 0.1) is 0 Å². The van der Waals surface area contributed by atoms with Crippen LogP contribution in [0.3, 0.4) is 0 Å². The second kappa shape index (κ2) is 5.11. The highest BCUT2D eigenvalue weighted by Gasteiger charge is 2.40. The van der Waals surface area contributed by atoms with Gasteiger partial charge in [-0.05, 0) is 23.8 Å². The van der Waals surface area contributed by atoms with Crippen LogP contribution < -0.4 is 0 Å². The van der Waals surface area contributed by atoms with Gasteiger partial charge >= 0.3 is 5.97 Å². The van der Waals surface area contributed by atoms with E-state index < -0.39 is 5.97 Å². The molecule has 0 radical (unpaired) electrons. The summed E-state index contributed by atoms with van der Waals surface area (Å²) in [6, 6.07) is 9.75. The van der Waals surface area contributed by atoms with Crippen molar-refractivity contribution in [3.63, 3.8) is 0 Å². The van der Waals surface area contributed by atoms with Crippen LogP contribution in [0.15, 0.2) is 30.3 Å². The van der Waals surface area contributed by atoms with Gasteiger partial charge in [0.15, 0.2) is 0 Å². The Balaban J connectivity index is 1.90. The molecule has 0 amide bonds. The zero-order chi connectivity index (χ0) is 13.2. The van der Waals surface area contributed by atoms with E-state index in [2.05, 4.69) is 30.9 Å². The predicted octanol–water partition coefficient (Wildman–Crippen LogP) is 2.41. The Morgan fingerprint density at radius 2 is 1.94 bits per heavy atom. The van der Waals surface area contributed by atoms with Crippen LogP contribution in [0.5, 0.6) is 0 Å². The normalized spacial score (nSPS) is 20.1. The van der Waals surface area contributed by atoms with Crippen molar-refractivity contribution in [2.24, 2.45) is 5.41 Å². The molecule has 1 atom stereocenters. The molecule has 1 unspecified atom stereocenters. The van der Waals surface area contributed by atoms with Crippen molar-refractivity contribution in [1.29, 1.82) is 0 Å². The Bertz CT molecular complexity index is 406. The molecule has 0 aromatic heterocycles. The first-order chi connectivity index (χ1) is 8.48. The highest BCUT2D eigenvalue weighted by Crippen LogP contribution is 2.31. The van der Waals surface area contributed by atoms with Gasteiger partial charge in [-0.3, -0.25) is 9.69 Å². The Morgan fingerprint density at radius 1 is 1.33 bits per heavy atom. The predicted molar refractivity (Wildman–Crippen MR) is 71.5 cm³/mol.